The van der Waals surface area contributed by atoms with E-state index in [1.165, 1.54) is 18.3 Å². The van der Waals surface area contributed by atoms with Crippen molar-refractivity contribution < 1.29 is 32.4 Å². The summed E-state index contributed by atoms with van der Waals surface area (Å²) in [5.74, 6) is -3.77. The second-order valence-corrected chi connectivity index (χ2v) is 10.9. The number of fused-ring (bicyclic) bond motifs is 1. The number of thioether (sulfide) groups is 1. The molecule has 0 saturated heterocycles. The minimum absolute atomic E-state index is 0.0368. The molecular formula is C25H27F3N4O4S2. The third-order valence-corrected chi connectivity index (χ3v) is 7.94. The van der Waals surface area contributed by atoms with Gasteiger partial charge < -0.3 is 16.3 Å². The Morgan fingerprint density at radius 1 is 1.11 bits per heavy atom. The Hall–Kier alpha value is -3.00. The number of hydrogen-bond acceptors (Lipinski definition) is 9. The predicted octanol–water partition coefficient (Wildman–Crippen LogP) is 4.22. The number of nitrogens with zero attached hydrogens (tertiary/aromatic N) is 2. The molecule has 0 aliphatic heterocycles. The summed E-state index contributed by atoms with van der Waals surface area (Å²) in [6.45, 7) is 1.31. The smallest absolute Gasteiger partial charge is 0.330 e. The van der Waals surface area contributed by atoms with E-state index in [2.05, 4.69) is 9.82 Å². The van der Waals surface area contributed by atoms with E-state index in [1.807, 2.05) is 24.3 Å². The van der Waals surface area contributed by atoms with Crippen LogP contribution in [-0.4, -0.2) is 51.3 Å². The van der Waals surface area contributed by atoms with E-state index in [0.29, 0.717) is 28.0 Å². The van der Waals surface area contributed by atoms with Gasteiger partial charge in [0, 0.05) is 0 Å². The summed E-state index contributed by atoms with van der Waals surface area (Å²) in [6.07, 6.45) is -5.07. The summed E-state index contributed by atoms with van der Waals surface area (Å²) < 4.78 is 40.7. The minimum Gasteiger partial charge on any atom is -0.330 e. The first kappa shape index (κ1) is 29.6. The summed E-state index contributed by atoms with van der Waals surface area (Å²) in [4.78, 5) is 47.8. The van der Waals surface area contributed by atoms with Crippen LogP contribution in [0.3, 0.4) is 0 Å². The standard InChI is InChI=1S/C25H27F3N4O4S2/c1-24(14-7-15-29,22(35)38-23-31-18-10-5-6-11-19(18)37-23)32(36-21(34)25(26,27)28)20(33)17(30)13-12-16-8-3-2-4-9-16/h2-6,8-11,17H,7,12-15,29-30H2,1H3/t17-,24-/m0/s1. The molecular weight excluding hydrogens is 541 g/mol. The molecule has 1 aromatic heterocycles. The van der Waals surface area contributed by atoms with Gasteiger partial charge in [0.1, 0.15) is 5.54 Å². The van der Waals surface area contributed by atoms with E-state index < -0.39 is 34.7 Å². The summed E-state index contributed by atoms with van der Waals surface area (Å²) in [7, 11) is 0. The number of aromatic nitrogens is 1. The number of alkyl halides is 3. The van der Waals surface area contributed by atoms with Gasteiger partial charge in [-0.05, 0) is 68.6 Å². The van der Waals surface area contributed by atoms with Crippen LogP contribution in [0.4, 0.5) is 13.2 Å². The van der Waals surface area contributed by atoms with Crippen LogP contribution in [0.5, 0.6) is 0 Å². The number of hydrogen-bond donors (Lipinski definition) is 2. The summed E-state index contributed by atoms with van der Waals surface area (Å²) in [5.41, 5.74) is 11.2. The highest BCUT2D eigenvalue weighted by atomic mass is 32.2. The summed E-state index contributed by atoms with van der Waals surface area (Å²) in [6, 6.07) is 14.8. The second-order valence-electron chi connectivity index (χ2n) is 8.64. The largest absolute Gasteiger partial charge is 0.493 e. The van der Waals surface area contributed by atoms with E-state index >= 15 is 0 Å². The maximum atomic E-state index is 13.6. The summed E-state index contributed by atoms with van der Waals surface area (Å²) >= 11 is 1.86. The highest BCUT2D eigenvalue weighted by molar-refractivity contribution is 8.15. The molecule has 2 aromatic carbocycles. The first-order chi connectivity index (χ1) is 18.0. The molecule has 2 atom stereocenters. The molecule has 4 N–H and O–H groups in total. The Bertz CT molecular complexity index is 1240. The summed E-state index contributed by atoms with van der Waals surface area (Å²) in [5, 5.41) is -0.555. The van der Waals surface area contributed by atoms with Crippen molar-refractivity contribution in [1.82, 2.24) is 10.0 Å². The average Bonchev–Trinajstić information content (AvgIpc) is 3.30. The zero-order chi connectivity index (χ0) is 27.9. The Balaban J connectivity index is 1.92. The lowest BCUT2D eigenvalue weighted by Gasteiger charge is -2.38. The van der Waals surface area contributed by atoms with Gasteiger partial charge in [0.15, 0.2) is 4.34 Å². The Kier molecular flexibility index (Phi) is 9.88. The van der Waals surface area contributed by atoms with Crippen LogP contribution in [0.1, 0.15) is 31.7 Å². The molecule has 13 heteroatoms. The molecule has 0 aliphatic rings. The van der Waals surface area contributed by atoms with Crippen LogP contribution in [0.25, 0.3) is 10.2 Å². The molecule has 1 amide bonds. The third kappa shape index (κ3) is 7.31. The van der Waals surface area contributed by atoms with Crippen LogP contribution in [0.2, 0.25) is 0 Å². The lowest BCUT2D eigenvalue weighted by Crippen LogP contribution is -2.59. The number of nitrogens with two attached hydrogens (primary N) is 2. The molecule has 3 rings (SSSR count). The third-order valence-electron chi connectivity index (χ3n) is 5.72. The van der Waals surface area contributed by atoms with Crippen molar-refractivity contribution in [2.45, 2.75) is 54.7 Å². The number of aryl methyl sites for hydroxylation is 1. The molecule has 0 bridgehead atoms. The molecule has 8 nitrogen and oxygen atoms in total. The van der Waals surface area contributed by atoms with Crippen LogP contribution >= 0.6 is 23.1 Å². The monoisotopic (exact) mass is 568 g/mol. The van der Waals surface area contributed by atoms with Crippen molar-refractivity contribution in [2.75, 3.05) is 6.54 Å². The molecule has 0 aliphatic carbocycles. The lowest BCUT2D eigenvalue weighted by atomic mass is 9.95. The van der Waals surface area contributed by atoms with Gasteiger partial charge in [0.05, 0.1) is 16.3 Å². The SMILES string of the molecule is C[C@](CCCN)(C(=O)Sc1nc2ccccc2s1)N(OC(=O)C(F)(F)F)C(=O)[C@@H](N)CCc1ccccc1. The number of carbonyl (C=O) groups is 3. The Labute approximate surface area is 225 Å². The minimum atomic E-state index is -5.41. The number of amides is 1. The highest BCUT2D eigenvalue weighted by Gasteiger charge is 2.51. The molecule has 204 valence electrons. The van der Waals surface area contributed by atoms with Gasteiger partial charge in [-0.25, -0.2) is 9.78 Å². The van der Waals surface area contributed by atoms with Crippen molar-refractivity contribution in [2.24, 2.45) is 11.5 Å². The normalized spacial score (nSPS) is 14.1. The zero-order valence-electron chi connectivity index (χ0n) is 20.4. The number of thiazole rings is 1. The number of carbonyl (C=O) groups excluding carboxylic acids is 3. The predicted molar refractivity (Wildman–Crippen MR) is 139 cm³/mol. The van der Waals surface area contributed by atoms with Crippen LogP contribution < -0.4 is 11.5 Å². The molecule has 1 heterocycles. The fourth-order valence-corrected chi connectivity index (χ4v) is 5.65. The fraction of sp³-hybridized carbons (Fsp3) is 0.360. The van der Waals surface area contributed by atoms with E-state index in [-0.39, 0.29) is 30.9 Å². The van der Waals surface area contributed by atoms with Gasteiger partial charge in [0.2, 0.25) is 5.12 Å². The van der Waals surface area contributed by atoms with E-state index in [4.69, 9.17) is 11.5 Å². The number of rotatable bonds is 10. The maximum absolute atomic E-state index is 13.6. The van der Waals surface area contributed by atoms with Gasteiger partial charge in [-0.1, -0.05) is 42.5 Å². The van der Waals surface area contributed by atoms with Crippen molar-refractivity contribution in [3.05, 3.63) is 60.2 Å². The second kappa shape index (κ2) is 12.7. The van der Waals surface area contributed by atoms with E-state index in [0.717, 1.165) is 10.3 Å². The molecule has 0 spiro atoms. The number of hydroxylamine groups is 2. The van der Waals surface area contributed by atoms with Crippen molar-refractivity contribution >= 4 is 50.3 Å². The topological polar surface area (TPSA) is 129 Å². The lowest BCUT2D eigenvalue weighted by molar-refractivity contribution is -0.251. The van der Waals surface area contributed by atoms with Crippen molar-refractivity contribution in [1.29, 1.82) is 0 Å². The molecule has 0 unspecified atom stereocenters. The molecule has 0 fully saturated rings. The first-order valence-corrected chi connectivity index (χ1v) is 13.3. The molecule has 38 heavy (non-hydrogen) atoms. The van der Waals surface area contributed by atoms with Gasteiger partial charge in [-0.15, -0.1) is 11.3 Å². The quantitative estimate of drug-likeness (QED) is 0.275. The highest BCUT2D eigenvalue weighted by Crippen LogP contribution is 2.37. The van der Waals surface area contributed by atoms with Crippen LogP contribution in [0.15, 0.2) is 58.9 Å². The number of para-hydroxylation sites is 1. The first-order valence-electron chi connectivity index (χ1n) is 11.7. The van der Waals surface area contributed by atoms with E-state index in [9.17, 15) is 27.6 Å². The maximum Gasteiger partial charge on any atom is 0.493 e. The Morgan fingerprint density at radius 3 is 2.39 bits per heavy atom. The van der Waals surface area contributed by atoms with Gasteiger partial charge in [-0.2, -0.15) is 18.2 Å². The number of benzene rings is 2. The van der Waals surface area contributed by atoms with E-state index in [1.54, 1.807) is 30.3 Å². The molecule has 0 saturated carbocycles. The van der Waals surface area contributed by atoms with Gasteiger partial charge in [-0.3, -0.25) is 9.59 Å². The number of halogens is 3. The van der Waals surface area contributed by atoms with Gasteiger partial charge in [0.25, 0.3) is 5.91 Å². The average molecular weight is 569 g/mol. The van der Waals surface area contributed by atoms with Crippen LogP contribution in [0, 0.1) is 0 Å². The zero-order valence-corrected chi connectivity index (χ0v) is 22.1. The Morgan fingerprint density at radius 2 is 1.76 bits per heavy atom. The van der Waals surface area contributed by atoms with Crippen molar-refractivity contribution in [3.8, 4) is 0 Å². The van der Waals surface area contributed by atoms with Crippen LogP contribution in [-0.2, 0) is 25.6 Å². The molecule has 0 radical (unpaired) electrons. The fourth-order valence-electron chi connectivity index (χ4n) is 3.58. The van der Waals surface area contributed by atoms with Crippen molar-refractivity contribution in [3.63, 3.8) is 0 Å². The van der Waals surface area contributed by atoms with Gasteiger partial charge >= 0.3 is 12.1 Å². The molecule has 3 aromatic rings.